The Hall–Kier alpha value is -0.700. The summed E-state index contributed by atoms with van der Waals surface area (Å²) in [5.41, 5.74) is 0. The number of hydrogen-bond acceptors (Lipinski definition) is 2. The highest BCUT2D eigenvalue weighted by atomic mass is 32.2. The van der Waals surface area contributed by atoms with Crippen molar-refractivity contribution in [2.75, 3.05) is 0 Å². The van der Waals surface area contributed by atoms with Crippen LogP contribution in [0.3, 0.4) is 0 Å². The van der Waals surface area contributed by atoms with E-state index in [9.17, 15) is 0 Å². The number of aromatic nitrogens is 2. The zero-order valence-electron chi connectivity index (χ0n) is 4.87. The molecule has 0 unspecified atom stereocenters. The van der Waals surface area contributed by atoms with Crippen molar-refractivity contribution in [2.24, 2.45) is 0 Å². The van der Waals surface area contributed by atoms with Crippen LogP contribution in [0.2, 0.25) is 0 Å². The minimum absolute atomic E-state index is 0.898. The average molecular weight is 139 g/mol. The first kappa shape index (κ1) is 6.42. The molecule has 0 bridgehead atoms. The Morgan fingerprint density at radius 3 is 3.22 bits per heavy atom. The minimum atomic E-state index is 0.898. The molecule has 1 rings (SSSR count). The molecular weight excluding hydrogens is 132 g/mol. The second kappa shape index (κ2) is 3.35. The second-order valence-corrected chi connectivity index (χ2v) is 2.28. The Morgan fingerprint density at radius 1 is 1.78 bits per heavy atom. The molecule has 0 spiro atoms. The number of nitrogens with one attached hydrogen (secondary N) is 1. The van der Waals surface area contributed by atoms with Crippen LogP contribution in [0.1, 0.15) is 0 Å². The fourth-order valence-corrected chi connectivity index (χ4v) is 0.911. The summed E-state index contributed by atoms with van der Waals surface area (Å²) in [6.07, 6.45) is 5.24. The van der Waals surface area contributed by atoms with Gasteiger partial charge < -0.3 is 4.98 Å². The molecule has 47 valence electrons. The standard InChI is InChI=1S/C6H7N2S/c1-2-5-9-6-7-3-4-8-6/h2-5H,1H2,(H,7,8). The van der Waals surface area contributed by atoms with Gasteiger partial charge in [0.15, 0.2) is 5.16 Å². The van der Waals surface area contributed by atoms with Gasteiger partial charge >= 0.3 is 0 Å². The van der Waals surface area contributed by atoms with Crippen LogP contribution in [-0.2, 0) is 0 Å². The van der Waals surface area contributed by atoms with Crippen molar-refractivity contribution in [2.45, 2.75) is 5.16 Å². The molecule has 0 aliphatic heterocycles. The van der Waals surface area contributed by atoms with Crippen LogP contribution in [0.5, 0.6) is 0 Å². The summed E-state index contributed by atoms with van der Waals surface area (Å²) in [6, 6.07) is 0. The lowest BCUT2D eigenvalue weighted by Gasteiger charge is -1.86. The summed E-state index contributed by atoms with van der Waals surface area (Å²) in [7, 11) is 0. The molecule has 2 nitrogen and oxygen atoms in total. The van der Waals surface area contributed by atoms with Crippen molar-refractivity contribution in [3.63, 3.8) is 0 Å². The average Bonchev–Trinajstić information content (AvgIpc) is 2.34. The van der Waals surface area contributed by atoms with E-state index in [0.717, 1.165) is 5.16 Å². The van der Waals surface area contributed by atoms with Gasteiger partial charge in [-0.25, -0.2) is 4.98 Å². The van der Waals surface area contributed by atoms with Gasteiger partial charge in [-0.2, -0.15) is 0 Å². The van der Waals surface area contributed by atoms with Gasteiger partial charge in [0.1, 0.15) is 0 Å². The fourth-order valence-electron chi connectivity index (χ4n) is 0.428. The molecule has 1 heterocycles. The van der Waals surface area contributed by atoms with Gasteiger partial charge in [-0.3, -0.25) is 0 Å². The monoisotopic (exact) mass is 139 g/mol. The zero-order valence-corrected chi connectivity index (χ0v) is 5.69. The van der Waals surface area contributed by atoms with Gasteiger partial charge in [0.05, 0.1) is 0 Å². The smallest absolute Gasteiger partial charge is 0.165 e. The van der Waals surface area contributed by atoms with Crippen molar-refractivity contribution in [3.05, 3.63) is 30.8 Å². The maximum atomic E-state index is 3.98. The first-order chi connectivity index (χ1) is 4.43. The van der Waals surface area contributed by atoms with Gasteiger partial charge in [0, 0.05) is 18.1 Å². The minimum Gasteiger partial charge on any atom is -0.340 e. The van der Waals surface area contributed by atoms with Gasteiger partial charge in [0.2, 0.25) is 0 Å². The molecule has 0 aromatic carbocycles. The van der Waals surface area contributed by atoms with E-state index in [-0.39, 0.29) is 0 Å². The molecule has 1 aromatic rings. The van der Waals surface area contributed by atoms with Crippen molar-refractivity contribution < 1.29 is 0 Å². The molecular formula is C6H7N2S. The van der Waals surface area contributed by atoms with E-state index in [0.29, 0.717) is 0 Å². The molecule has 0 saturated heterocycles. The highest BCUT2D eigenvalue weighted by Crippen LogP contribution is 2.14. The number of nitrogens with zero attached hydrogens (tertiary/aromatic N) is 1. The molecule has 0 aliphatic rings. The Kier molecular flexibility index (Phi) is 2.39. The van der Waals surface area contributed by atoms with Gasteiger partial charge in [0.25, 0.3) is 0 Å². The predicted octanol–water partition coefficient (Wildman–Crippen LogP) is 1.85. The van der Waals surface area contributed by atoms with Crippen molar-refractivity contribution >= 4 is 11.8 Å². The number of hydrogen-bond donors (Lipinski definition) is 1. The van der Waals surface area contributed by atoms with E-state index in [1.807, 2.05) is 5.75 Å². The summed E-state index contributed by atoms with van der Waals surface area (Å²) >= 11 is 1.52. The maximum Gasteiger partial charge on any atom is 0.165 e. The first-order valence-electron chi connectivity index (χ1n) is 2.54. The summed E-state index contributed by atoms with van der Waals surface area (Å²) in [5.74, 6) is 1.87. The van der Waals surface area contributed by atoms with Crippen LogP contribution in [-0.4, -0.2) is 9.97 Å². The molecule has 1 N–H and O–H groups in total. The summed E-state index contributed by atoms with van der Waals surface area (Å²) in [5, 5.41) is 0.898. The summed E-state index contributed by atoms with van der Waals surface area (Å²) in [4.78, 5) is 6.93. The Labute approximate surface area is 58.4 Å². The lowest BCUT2D eigenvalue weighted by Crippen LogP contribution is -1.69. The van der Waals surface area contributed by atoms with E-state index >= 15 is 0 Å². The van der Waals surface area contributed by atoms with E-state index < -0.39 is 0 Å². The maximum absolute atomic E-state index is 3.98. The number of thioether (sulfide) groups is 1. The molecule has 0 aliphatic carbocycles. The number of aromatic amines is 1. The largest absolute Gasteiger partial charge is 0.340 e. The van der Waals surface area contributed by atoms with Crippen LogP contribution >= 0.6 is 11.8 Å². The third kappa shape index (κ3) is 1.93. The van der Waals surface area contributed by atoms with Crippen LogP contribution in [0, 0.1) is 5.75 Å². The number of imidazole rings is 1. The molecule has 0 fully saturated rings. The quantitative estimate of drug-likeness (QED) is 0.647. The number of rotatable bonds is 3. The SMILES string of the molecule is C=C[CH]Sc1ncc[nH]1. The third-order valence-electron chi connectivity index (χ3n) is 0.749. The summed E-state index contributed by atoms with van der Waals surface area (Å²) < 4.78 is 0. The lowest BCUT2D eigenvalue weighted by atomic mass is 10.8. The van der Waals surface area contributed by atoms with Gasteiger partial charge in [-0.1, -0.05) is 17.8 Å². The highest BCUT2D eigenvalue weighted by molar-refractivity contribution is 8.01. The van der Waals surface area contributed by atoms with Crippen molar-refractivity contribution in [3.8, 4) is 0 Å². The highest BCUT2D eigenvalue weighted by Gasteiger charge is 1.89. The van der Waals surface area contributed by atoms with Crippen LogP contribution in [0.25, 0.3) is 0 Å². The molecule has 0 atom stereocenters. The Bertz CT molecular complexity index is 169. The molecule has 0 amide bonds. The van der Waals surface area contributed by atoms with Crippen molar-refractivity contribution in [1.82, 2.24) is 9.97 Å². The molecule has 3 heteroatoms. The molecule has 9 heavy (non-hydrogen) atoms. The van der Waals surface area contributed by atoms with Gasteiger partial charge in [-0.15, -0.1) is 6.58 Å². The lowest BCUT2D eigenvalue weighted by molar-refractivity contribution is 1.06. The zero-order chi connectivity index (χ0) is 6.53. The van der Waals surface area contributed by atoms with E-state index in [1.54, 1.807) is 18.5 Å². The van der Waals surface area contributed by atoms with Crippen LogP contribution < -0.4 is 0 Å². The molecule has 1 radical (unpaired) electrons. The second-order valence-electron chi connectivity index (χ2n) is 1.38. The van der Waals surface area contributed by atoms with Crippen LogP contribution in [0.15, 0.2) is 30.2 Å². The molecule has 1 aromatic heterocycles. The summed E-state index contributed by atoms with van der Waals surface area (Å²) in [6.45, 7) is 3.54. The Balaban J connectivity index is 2.38. The first-order valence-corrected chi connectivity index (χ1v) is 3.41. The van der Waals surface area contributed by atoms with E-state index in [4.69, 9.17) is 0 Å². The topological polar surface area (TPSA) is 28.7 Å². The Morgan fingerprint density at radius 2 is 2.67 bits per heavy atom. The predicted molar refractivity (Wildman–Crippen MR) is 38.9 cm³/mol. The molecule has 0 saturated carbocycles. The normalized spacial score (nSPS) is 9.33. The third-order valence-corrected chi connectivity index (χ3v) is 1.52. The number of H-pyrrole nitrogens is 1. The van der Waals surface area contributed by atoms with E-state index in [2.05, 4.69) is 16.5 Å². The van der Waals surface area contributed by atoms with E-state index in [1.165, 1.54) is 11.8 Å². The van der Waals surface area contributed by atoms with Crippen molar-refractivity contribution in [1.29, 1.82) is 0 Å². The van der Waals surface area contributed by atoms with Gasteiger partial charge in [-0.05, 0) is 0 Å². The fraction of sp³-hybridized carbons (Fsp3) is 0. The van der Waals surface area contributed by atoms with Crippen LogP contribution in [0.4, 0.5) is 0 Å².